The van der Waals surface area contributed by atoms with E-state index in [1.165, 1.54) is 6.07 Å². The van der Waals surface area contributed by atoms with Crippen LogP contribution in [0.15, 0.2) is 12.1 Å². The topological polar surface area (TPSA) is 64.6 Å². The summed E-state index contributed by atoms with van der Waals surface area (Å²) in [5.74, 6) is 0.305. The van der Waals surface area contributed by atoms with Crippen LogP contribution in [0.25, 0.3) is 0 Å². The van der Waals surface area contributed by atoms with Gasteiger partial charge in [0.05, 0.1) is 6.04 Å². The number of rotatable bonds is 6. The van der Waals surface area contributed by atoms with E-state index in [0.717, 1.165) is 11.8 Å². The average molecular weight is 351 g/mol. The molecule has 138 valence electrons. The first-order valence-corrected chi connectivity index (χ1v) is 8.55. The molecule has 0 heterocycles. The lowest BCUT2D eigenvalue weighted by atomic mass is 10.0. The molecule has 0 fully saturated rings. The highest BCUT2D eigenvalue weighted by atomic mass is 19.1. The highest BCUT2D eigenvalue weighted by Crippen LogP contribution is 2.33. The molecule has 2 unspecified atom stereocenters. The van der Waals surface area contributed by atoms with Crippen molar-refractivity contribution in [3.63, 3.8) is 0 Å². The van der Waals surface area contributed by atoms with Crippen LogP contribution in [0.3, 0.4) is 0 Å². The molecule has 0 spiro atoms. The number of hydrogen-bond donors (Lipinski definition) is 1. The van der Waals surface area contributed by atoms with Crippen molar-refractivity contribution in [3.05, 3.63) is 29.1 Å². The molecule has 0 saturated carbocycles. The van der Waals surface area contributed by atoms with Gasteiger partial charge in [0, 0.05) is 12.5 Å². The second kappa shape index (κ2) is 7.85. The smallest absolute Gasteiger partial charge is 0.407 e. The first kappa shape index (κ1) is 19.2. The van der Waals surface area contributed by atoms with E-state index in [1.54, 1.807) is 27.7 Å². The highest BCUT2D eigenvalue weighted by Gasteiger charge is 2.25. The Morgan fingerprint density at radius 3 is 2.76 bits per heavy atom. The maximum Gasteiger partial charge on any atom is 0.407 e. The largest absolute Gasteiger partial charge is 0.491 e. The van der Waals surface area contributed by atoms with E-state index in [4.69, 9.17) is 9.47 Å². The van der Waals surface area contributed by atoms with Crippen LogP contribution in [0.1, 0.15) is 45.2 Å². The first-order chi connectivity index (χ1) is 11.7. The molecule has 1 amide bonds. The van der Waals surface area contributed by atoms with E-state index < -0.39 is 11.7 Å². The van der Waals surface area contributed by atoms with Crippen LogP contribution in [0.2, 0.25) is 0 Å². The van der Waals surface area contributed by atoms with Crippen molar-refractivity contribution in [3.8, 4) is 5.75 Å². The fourth-order valence-corrected chi connectivity index (χ4v) is 2.91. The van der Waals surface area contributed by atoms with Crippen LogP contribution < -0.4 is 10.1 Å². The van der Waals surface area contributed by atoms with E-state index in [-0.39, 0.29) is 24.4 Å². The Hall–Kier alpha value is -2.11. The van der Waals surface area contributed by atoms with E-state index in [1.807, 2.05) is 6.07 Å². The molecule has 0 radical (unpaired) electrons. The van der Waals surface area contributed by atoms with Crippen LogP contribution in [0.5, 0.6) is 5.75 Å². The van der Waals surface area contributed by atoms with Crippen molar-refractivity contribution in [1.82, 2.24) is 5.32 Å². The number of nitrogens with one attached hydrogen (secondary N) is 1. The Balaban J connectivity index is 1.90. The molecule has 1 aliphatic rings. The number of alkyl carbamates (subject to hydrolysis) is 1. The van der Waals surface area contributed by atoms with E-state index in [9.17, 15) is 14.0 Å². The third-order valence-electron chi connectivity index (χ3n) is 3.96. The Morgan fingerprint density at radius 2 is 2.12 bits per heavy atom. The minimum absolute atomic E-state index is 0.171. The van der Waals surface area contributed by atoms with Crippen molar-refractivity contribution in [2.24, 2.45) is 5.92 Å². The van der Waals surface area contributed by atoms with Crippen molar-refractivity contribution < 1.29 is 23.5 Å². The van der Waals surface area contributed by atoms with Crippen LogP contribution in [-0.2, 0) is 22.4 Å². The number of carbonyl (C=O) groups excluding carboxylic acids is 2. The standard InChI is InChI=1S/C19H26FNO4/c1-12(21-18(23)25-19(2,3)4)11-24-15-9-14-7-13(5-6-22)8-16(14)17(20)10-15/h6,9-10,12-13H,5,7-8,11H2,1-4H3,(H,21,23). The Kier molecular flexibility index (Phi) is 6.03. The zero-order valence-electron chi connectivity index (χ0n) is 15.2. The van der Waals surface area contributed by atoms with Gasteiger partial charge < -0.3 is 19.6 Å². The maximum absolute atomic E-state index is 14.2. The molecule has 6 heteroatoms. The predicted octanol–water partition coefficient (Wildman–Crippen LogP) is 3.42. The van der Waals surface area contributed by atoms with Crippen LogP contribution >= 0.6 is 0 Å². The van der Waals surface area contributed by atoms with Crippen molar-refractivity contribution in [1.29, 1.82) is 0 Å². The quantitative estimate of drug-likeness (QED) is 0.798. The Morgan fingerprint density at radius 1 is 1.40 bits per heavy atom. The lowest BCUT2D eigenvalue weighted by Gasteiger charge is -2.22. The SMILES string of the molecule is CC(COc1cc(F)c2c(c1)CC(CC=O)C2)NC(=O)OC(C)(C)C. The van der Waals surface area contributed by atoms with Gasteiger partial charge in [-0.1, -0.05) is 0 Å². The molecule has 0 saturated heterocycles. The van der Waals surface area contributed by atoms with E-state index >= 15 is 0 Å². The minimum Gasteiger partial charge on any atom is -0.491 e. The molecular weight excluding hydrogens is 325 g/mol. The van der Waals surface area contributed by atoms with Gasteiger partial charge in [0.1, 0.15) is 30.1 Å². The van der Waals surface area contributed by atoms with Crippen molar-refractivity contribution in [2.45, 2.75) is 58.6 Å². The molecule has 0 bridgehead atoms. The first-order valence-electron chi connectivity index (χ1n) is 8.55. The van der Waals surface area contributed by atoms with Crippen molar-refractivity contribution in [2.75, 3.05) is 6.61 Å². The number of benzene rings is 1. The fourth-order valence-electron chi connectivity index (χ4n) is 2.91. The van der Waals surface area contributed by atoms with Gasteiger partial charge in [0.25, 0.3) is 0 Å². The highest BCUT2D eigenvalue weighted by molar-refractivity contribution is 5.68. The lowest BCUT2D eigenvalue weighted by Crippen LogP contribution is -2.40. The molecule has 2 rings (SSSR count). The van der Waals surface area contributed by atoms with Gasteiger partial charge in [-0.3, -0.25) is 0 Å². The molecule has 1 aliphatic carbocycles. The van der Waals surface area contributed by atoms with Gasteiger partial charge in [-0.2, -0.15) is 0 Å². The lowest BCUT2D eigenvalue weighted by molar-refractivity contribution is -0.108. The molecule has 5 nitrogen and oxygen atoms in total. The third-order valence-corrected chi connectivity index (χ3v) is 3.96. The summed E-state index contributed by atoms with van der Waals surface area (Å²) in [6.45, 7) is 7.36. The average Bonchev–Trinajstić information content (AvgIpc) is 2.86. The number of fused-ring (bicyclic) bond motifs is 1. The molecule has 1 N–H and O–H groups in total. The molecule has 0 aromatic heterocycles. The van der Waals surface area contributed by atoms with Gasteiger partial charge in [-0.25, -0.2) is 9.18 Å². The Labute approximate surface area is 147 Å². The summed E-state index contributed by atoms with van der Waals surface area (Å²) in [5, 5.41) is 2.68. The molecule has 2 atom stereocenters. The summed E-state index contributed by atoms with van der Waals surface area (Å²) in [4.78, 5) is 22.4. The van der Waals surface area contributed by atoms with Gasteiger partial charge in [-0.15, -0.1) is 0 Å². The van der Waals surface area contributed by atoms with Crippen LogP contribution in [-0.4, -0.2) is 30.6 Å². The van der Waals surface area contributed by atoms with Crippen LogP contribution in [0, 0.1) is 11.7 Å². The monoisotopic (exact) mass is 351 g/mol. The zero-order chi connectivity index (χ0) is 18.6. The van der Waals surface area contributed by atoms with Gasteiger partial charge >= 0.3 is 6.09 Å². The van der Waals surface area contributed by atoms with Crippen LogP contribution in [0.4, 0.5) is 9.18 Å². The molecular formula is C19H26FNO4. The minimum atomic E-state index is -0.564. The molecule has 25 heavy (non-hydrogen) atoms. The van der Waals surface area contributed by atoms with Gasteiger partial charge in [-0.05, 0) is 63.6 Å². The second-order valence-corrected chi connectivity index (χ2v) is 7.58. The summed E-state index contributed by atoms with van der Waals surface area (Å²) < 4.78 is 25.0. The summed E-state index contributed by atoms with van der Waals surface area (Å²) in [5.41, 5.74) is 1.01. The summed E-state index contributed by atoms with van der Waals surface area (Å²) in [7, 11) is 0. The molecule has 1 aromatic rings. The van der Waals surface area contributed by atoms with Gasteiger partial charge in [0.15, 0.2) is 0 Å². The summed E-state index contributed by atoms with van der Waals surface area (Å²) in [6, 6.07) is 2.90. The number of hydrogen-bond acceptors (Lipinski definition) is 4. The third kappa shape index (κ3) is 5.73. The second-order valence-electron chi connectivity index (χ2n) is 7.58. The number of ether oxygens (including phenoxy) is 2. The Bertz CT molecular complexity index is 639. The number of halogens is 1. The van der Waals surface area contributed by atoms with E-state index in [2.05, 4.69) is 5.32 Å². The normalized spacial score (nSPS) is 17.6. The van der Waals surface area contributed by atoms with Crippen molar-refractivity contribution >= 4 is 12.4 Å². The fraction of sp³-hybridized carbons (Fsp3) is 0.579. The number of amides is 1. The zero-order valence-corrected chi connectivity index (χ0v) is 15.2. The molecule has 1 aromatic carbocycles. The van der Waals surface area contributed by atoms with E-state index in [0.29, 0.717) is 30.6 Å². The van der Waals surface area contributed by atoms with Gasteiger partial charge in [0.2, 0.25) is 0 Å². The summed E-state index contributed by atoms with van der Waals surface area (Å²) >= 11 is 0. The number of carbonyl (C=O) groups is 2. The number of aldehydes is 1. The predicted molar refractivity (Wildman–Crippen MR) is 92.3 cm³/mol. The maximum atomic E-state index is 14.2. The summed E-state index contributed by atoms with van der Waals surface area (Å²) in [6.07, 6.45) is 2.10. The molecule has 0 aliphatic heterocycles.